The molecular formula is C17H26N2O4S. The highest BCUT2D eigenvalue weighted by Gasteiger charge is 2.50. The number of nitrogens with one attached hydrogen (secondary N) is 1. The minimum absolute atomic E-state index is 0.144. The monoisotopic (exact) mass is 354 g/mol. The quantitative estimate of drug-likeness (QED) is 0.828. The summed E-state index contributed by atoms with van der Waals surface area (Å²) in [5, 5.41) is 10.0. The largest absolute Gasteiger partial charge is 0.393 e. The Balaban J connectivity index is 1.74. The molecule has 2 N–H and O–H groups in total. The number of aliphatic hydroxyl groups is 1. The molecule has 0 bridgehead atoms. The van der Waals surface area contributed by atoms with Gasteiger partial charge in [0.1, 0.15) is 0 Å². The first-order chi connectivity index (χ1) is 11.4. The van der Waals surface area contributed by atoms with Crippen LogP contribution in [0.25, 0.3) is 0 Å². The first-order valence-corrected chi connectivity index (χ1v) is 9.88. The first kappa shape index (κ1) is 17.8. The summed E-state index contributed by atoms with van der Waals surface area (Å²) in [4.78, 5) is 2.63. The minimum Gasteiger partial charge on any atom is -0.393 e. The highest BCUT2D eigenvalue weighted by molar-refractivity contribution is 7.89. The van der Waals surface area contributed by atoms with Crippen LogP contribution in [0.2, 0.25) is 0 Å². The van der Waals surface area contributed by atoms with Crippen molar-refractivity contribution in [2.75, 3.05) is 20.7 Å². The number of likely N-dealkylation sites (tertiary alicyclic amines) is 1. The van der Waals surface area contributed by atoms with Crippen molar-refractivity contribution in [3.8, 4) is 0 Å². The van der Waals surface area contributed by atoms with Crippen LogP contribution in [0.15, 0.2) is 29.2 Å². The molecule has 3 rings (SSSR count). The van der Waals surface area contributed by atoms with Crippen molar-refractivity contribution in [1.29, 1.82) is 0 Å². The summed E-state index contributed by atoms with van der Waals surface area (Å²) in [5.74, 6) is 0. The SMILES string of the molecule is CNS(=O)(=O)c1ccc(CN2CC[C@]3(OC)CC[C@@H](O)C[C@H]23)cc1. The zero-order valence-electron chi connectivity index (χ0n) is 14.2. The number of rotatable bonds is 5. The standard InChI is InChI=1S/C17H26N2O4S/c1-18-24(21,22)15-5-3-13(4-6-15)12-19-10-9-17(23-2)8-7-14(20)11-16(17)19/h3-6,14,16,18,20H,7-12H2,1-2H3/t14-,16+,17-/m1/s1. The van der Waals surface area contributed by atoms with E-state index in [0.717, 1.165) is 44.3 Å². The Bertz CT molecular complexity index is 676. The van der Waals surface area contributed by atoms with E-state index in [1.807, 2.05) is 12.1 Å². The van der Waals surface area contributed by atoms with E-state index in [1.54, 1.807) is 19.2 Å². The van der Waals surface area contributed by atoms with Crippen LogP contribution < -0.4 is 4.72 Å². The van der Waals surface area contributed by atoms with Crippen molar-refractivity contribution in [2.45, 2.75) is 54.9 Å². The van der Waals surface area contributed by atoms with Crippen molar-refractivity contribution >= 4 is 10.0 Å². The third-order valence-electron chi connectivity index (χ3n) is 5.56. The molecule has 24 heavy (non-hydrogen) atoms. The molecule has 7 heteroatoms. The summed E-state index contributed by atoms with van der Waals surface area (Å²) in [6.07, 6.45) is 3.15. The van der Waals surface area contributed by atoms with E-state index in [4.69, 9.17) is 4.74 Å². The minimum atomic E-state index is -3.40. The van der Waals surface area contributed by atoms with E-state index in [2.05, 4.69) is 9.62 Å². The van der Waals surface area contributed by atoms with Gasteiger partial charge < -0.3 is 9.84 Å². The number of nitrogens with zero attached hydrogens (tertiary/aromatic N) is 1. The fourth-order valence-corrected chi connectivity index (χ4v) is 4.82. The zero-order valence-corrected chi connectivity index (χ0v) is 15.1. The number of hydrogen-bond donors (Lipinski definition) is 2. The molecule has 1 heterocycles. The Hall–Kier alpha value is -0.990. The number of ether oxygens (including phenoxy) is 1. The highest BCUT2D eigenvalue weighted by Crippen LogP contribution is 2.42. The Morgan fingerprint density at radius 2 is 2.04 bits per heavy atom. The average Bonchev–Trinajstić information content (AvgIpc) is 2.94. The zero-order chi connectivity index (χ0) is 17.4. The lowest BCUT2D eigenvalue weighted by Crippen LogP contribution is -2.51. The van der Waals surface area contributed by atoms with Gasteiger partial charge in [0.25, 0.3) is 0 Å². The van der Waals surface area contributed by atoms with E-state index in [-0.39, 0.29) is 22.6 Å². The Kier molecular flexibility index (Phi) is 4.99. The molecular weight excluding hydrogens is 328 g/mol. The number of benzene rings is 1. The third-order valence-corrected chi connectivity index (χ3v) is 6.99. The van der Waals surface area contributed by atoms with Crippen LogP contribution in [0.5, 0.6) is 0 Å². The molecule has 0 aromatic heterocycles. The molecule has 0 radical (unpaired) electrons. The molecule has 1 saturated carbocycles. The van der Waals surface area contributed by atoms with Crippen molar-refractivity contribution in [3.63, 3.8) is 0 Å². The van der Waals surface area contributed by atoms with Gasteiger partial charge in [0.05, 0.1) is 16.6 Å². The summed E-state index contributed by atoms with van der Waals surface area (Å²) < 4.78 is 31.8. The lowest BCUT2D eigenvalue weighted by molar-refractivity contribution is -0.0879. The number of sulfonamides is 1. The molecule has 0 spiro atoms. The van der Waals surface area contributed by atoms with Crippen LogP contribution in [0.4, 0.5) is 0 Å². The summed E-state index contributed by atoms with van der Waals surface area (Å²) in [5.41, 5.74) is 0.922. The van der Waals surface area contributed by atoms with Crippen LogP contribution in [-0.2, 0) is 21.3 Å². The predicted octanol–water partition coefficient (Wildman–Crippen LogP) is 1.10. The number of hydrogen-bond acceptors (Lipinski definition) is 5. The van der Waals surface area contributed by atoms with Gasteiger partial charge in [-0.3, -0.25) is 4.90 Å². The molecule has 0 amide bonds. The molecule has 1 saturated heterocycles. The van der Waals surface area contributed by atoms with E-state index < -0.39 is 10.0 Å². The number of aliphatic hydroxyl groups excluding tert-OH is 1. The maximum Gasteiger partial charge on any atom is 0.240 e. The molecule has 3 atom stereocenters. The summed E-state index contributed by atoms with van der Waals surface area (Å²) >= 11 is 0. The maximum absolute atomic E-state index is 11.8. The van der Waals surface area contributed by atoms with E-state index >= 15 is 0 Å². The van der Waals surface area contributed by atoms with Gasteiger partial charge in [0.2, 0.25) is 10.0 Å². The topological polar surface area (TPSA) is 78.9 Å². The lowest BCUT2D eigenvalue weighted by Gasteiger charge is -2.42. The molecule has 134 valence electrons. The van der Waals surface area contributed by atoms with Crippen LogP contribution in [0.3, 0.4) is 0 Å². The second-order valence-corrected chi connectivity index (χ2v) is 8.67. The van der Waals surface area contributed by atoms with Crippen LogP contribution >= 0.6 is 0 Å². The lowest BCUT2D eigenvalue weighted by atomic mass is 9.79. The van der Waals surface area contributed by atoms with E-state index in [1.165, 1.54) is 7.05 Å². The van der Waals surface area contributed by atoms with Crippen LogP contribution in [-0.4, -0.2) is 56.9 Å². The van der Waals surface area contributed by atoms with Gasteiger partial charge in [-0.05, 0) is 50.4 Å². The normalized spacial score (nSPS) is 31.1. The Morgan fingerprint density at radius 3 is 2.67 bits per heavy atom. The maximum atomic E-state index is 11.8. The smallest absolute Gasteiger partial charge is 0.240 e. The van der Waals surface area contributed by atoms with Crippen molar-refractivity contribution in [1.82, 2.24) is 9.62 Å². The summed E-state index contributed by atoms with van der Waals surface area (Å²) in [6.45, 7) is 1.67. The summed E-state index contributed by atoms with van der Waals surface area (Å²) in [7, 11) is -0.221. The van der Waals surface area contributed by atoms with Gasteiger partial charge in [-0.25, -0.2) is 13.1 Å². The average molecular weight is 354 g/mol. The number of fused-ring (bicyclic) bond motifs is 1. The van der Waals surface area contributed by atoms with Crippen molar-refractivity contribution in [2.24, 2.45) is 0 Å². The van der Waals surface area contributed by atoms with Gasteiger partial charge in [0.15, 0.2) is 0 Å². The molecule has 2 fully saturated rings. The molecule has 2 aliphatic rings. The molecule has 1 aromatic rings. The Labute approximate surface area is 143 Å². The summed E-state index contributed by atoms with van der Waals surface area (Å²) in [6, 6.07) is 7.20. The van der Waals surface area contributed by atoms with Crippen LogP contribution in [0, 0.1) is 0 Å². The van der Waals surface area contributed by atoms with Gasteiger partial charge in [-0.2, -0.15) is 0 Å². The van der Waals surface area contributed by atoms with Crippen molar-refractivity contribution < 1.29 is 18.3 Å². The first-order valence-electron chi connectivity index (χ1n) is 8.40. The second-order valence-electron chi connectivity index (χ2n) is 6.78. The molecule has 1 aromatic carbocycles. The third kappa shape index (κ3) is 3.23. The fraction of sp³-hybridized carbons (Fsp3) is 0.647. The Morgan fingerprint density at radius 1 is 1.33 bits per heavy atom. The van der Waals surface area contributed by atoms with E-state index in [0.29, 0.717) is 0 Å². The molecule has 6 nitrogen and oxygen atoms in total. The van der Waals surface area contributed by atoms with Gasteiger partial charge in [0, 0.05) is 26.2 Å². The van der Waals surface area contributed by atoms with E-state index in [9.17, 15) is 13.5 Å². The second kappa shape index (κ2) is 6.72. The molecule has 1 aliphatic heterocycles. The van der Waals surface area contributed by atoms with Gasteiger partial charge in [-0.15, -0.1) is 0 Å². The fourth-order valence-electron chi connectivity index (χ4n) is 4.09. The van der Waals surface area contributed by atoms with Gasteiger partial charge in [-0.1, -0.05) is 12.1 Å². The highest BCUT2D eigenvalue weighted by atomic mass is 32.2. The van der Waals surface area contributed by atoms with Crippen LogP contribution in [0.1, 0.15) is 31.2 Å². The van der Waals surface area contributed by atoms with Crippen molar-refractivity contribution in [3.05, 3.63) is 29.8 Å². The predicted molar refractivity (Wildman–Crippen MR) is 91.1 cm³/mol. The molecule has 1 aliphatic carbocycles. The molecule has 0 unspecified atom stereocenters. The van der Waals surface area contributed by atoms with Gasteiger partial charge >= 0.3 is 0 Å². The number of methoxy groups -OCH3 is 1.